The molecule has 0 unspecified atom stereocenters. The van der Waals surface area contributed by atoms with Gasteiger partial charge in [0.2, 0.25) is 0 Å². The molecule has 0 saturated carbocycles. The number of hydrogen-bond donors (Lipinski definition) is 1. The maximum Gasteiger partial charge on any atom is 0.344 e. The highest BCUT2D eigenvalue weighted by Gasteiger charge is 2.19. The van der Waals surface area contributed by atoms with E-state index in [1.807, 2.05) is 13.8 Å². The van der Waals surface area contributed by atoms with Gasteiger partial charge >= 0.3 is 11.7 Å². The van der Waals surface area contributed by atoms with Gasteiger partial charge in [-0.05, 0) is 25.0 Å². The summed E-state index contributed by atoms with van der Waals surface area (Å²) in [6.07, 6.45) is 2.32. The van der Waals surface area contributed by atoms with Crippen molar-refractivity contribution in [3.8, 4) is 5.75 Å². The lowest BCUT2D eigenvalue weighted by Gasteiger charge is -2.09. The Labute approximate surface area is 177 Å². The number of carbonyl (C=O) groups excluding carboxylic acids is 1. The molecule has 2 heterocycles. The van der Waals surface area contributed by atoms with Crippen LogP contribution in [0.5, 0.6) is 5.75 Å². The van der Waals surface area contributed by atoms with Crippen LogP contribution in [-0.2, 0) is 29.2 Å². The zero-order valence-electron chi connectivity index (χ0n) is 17.5. The van der Waals surface area contributed by atoms with E-state index in [1.165, 1.54) is 22.8 Å². The molecular formula is C21H25FN4O5. The number of H-pyrrole nitrogens is 1. The second-order valence-corrected chi connectivity index (χ2v) is 7.00. The fourth-order valence-corrected chi connectivity index (χ4v) is 3.20. The summed E-state index contributed by atoms with van der Waals surface area (Å²) < 4.78 is 27.0. The highest BCUT2D eigenvalue weighted by Crippen LogP contribution is 2.16. The highest BCUT2D eigenvalue weighted by atomic mass is 19.1. The number of nitrogens with zero attached hydrogens (tertiary/aromatic N) is 3. The Hall–Kier alpha value is -3.43. The van der Waals surface area contributed by atoms with E-state index in [0.29, 0.717) is 25.3 Å². The average Bonchev–Trinajstić information content (AvgIpc) is 3.10. The number of nitrogens with one attached hydrogen (secondary N) is 1. The smallest absolute Gasteiger partial charge is 0.344 e. The number of aryl methyl sites for hydroxylation is 2. The van der Waals surface area contributed by atoms with Gasteiger partial charge in [-0.15, -0.1) is 0 Å². The number of hydrogen-bond acceptors (Lipinski definition) is 6. The first kappa shape index (κ1) is 22.3. The zero-order valence-corrected chi connectivity index (χ0v) is 17.5. The zero-order chi connectivity index (χ0) is 22.4. The van der Waals surface area contributed by atoms with Gasteiger partial charge in [0.05, 0.1) is 0 Å². The van der Waals surface area contributed by atoms with Gasteiger partial charge < -0.3 is 14.0 Å². The minimum Gasteiger partial charge on any atom is -0.479 e. The van der Waals surface area contributed by atoms with Crippen LogP contribution in [0.25, 0.3) is 11.2 Å². The third kappa shape index (κ3) is 5.01. The third-order valence-corrected chi connectivity index (χ3v) is 4.69. The molecular weight excluding hydrogens is 407 g/mol. The molecule has 1 N–H and O–H groups in total. The molecule has 0 aliphatic rings. The van der Waals surface area contributed by atoms with E-state index >= 15 is 0 Å². The Balaban J connectivity index is 1.82. The monoisotopic (exact) mass is 432 g/mol. The quantitative estimate of drug-likeness (QED) is 0.493. The Bertz CT molecular complexity index is 1180. The predicted octanol–water partition coefficient (Wildman–Crippen LogP) is 2.36. The first-order valence-electron chi connectivity index (χ1n) is 10.2. The van der Waals surface area contributed by atoms with Gasteiger partial charge in [-0.2, -0.15) is 0 Å². The van der Waals surface area contributed by atoms with E-state index < -0.39 is 29.6 Å². The molecule has 0 atom stereocenters. The summed E-state index contributed by atoms with van der Waals surface area (Å²) in [6.45, 7) is 4.13. The van der Waals surface area contributed by atoms with Crippen LogP contribution in [0.2, 0.25) is 0 Å². The Morgan fingerprint density at radius 3 is 2.61 bits per heavy atom. The summed E-state index contributed by atoms with van der Waals surface area (Å²) in [5, 5.41) is 0. The minimum absolute atomic E-state index is 0.0517. The molecule has 10 heteroatoms. The lowest BCUT2D eigenvalue weighted by atomic mass is 10.3. The predicted molar refractivity (Wildman–Crippen MR) is 112 cm³/mol. The standard InChI is InChI=1S/C21H25FN4O5/c1-3-5-11-26-19-18(20(28)24-21(26)29)25(10-4-2)16(23-19)12-31-17(27)13-30-15-9-7-6-8-14(15)22/h6-9H,3-5,10-13H2,1-2H3,(H,24,28,29). The van der Waals surface area contributed by atoms with Gasteiger partial charge in [-0.25, -0.2) is 19.0 Å². The molecule has 166 valence electrons. The largest absolute Gasteiger partial charge is 0.479 e. The summed E-state index contributed by atoms with van der Waals surface area (Å²) in [5.41, 5.74) is -0.515. The number of unbranched alkanes of at least 4 members (excludes halogenated alkanes) is 1. The summed E-state index contributed by atoms with van der Waals surface area (Å²) in [7, 11) is 0. The Morgan fingerprint density at radius 2 is 1.90 bits per heavy atom. The first-order valence-corrected chi connectivity index (χ1v) is 10.2. The Morgan fingerprint density at radius 1 is 1.13 bits per heavy atom. The number of carbonyl (C=O) groups is 1. The molecule has 0 amide bonds. The number of para-hydroxylation sites is 1. The van der Waals surface area contributed by atoms with Gasteiger partial charge in [-0.1, -0.05) is 32.4 Å². The first-order chi connectivity index (χ1) is 15.0. The number of esters is 1. The second kappa shape index (κ2) is 10.1. The van der Waals surface area contributed by atoms with Crippen molar-refractivity contribution in [2.75, 3.05) is 6.61 Å². The molecule has 9 nitrogen and oxygen atoms in total. The maximum absolute atomic E-state index is 13.6. The van der Waals surface area contributed by atoms with Crippen LogP contribution in [0.4, 0.5) is 4.39 Å². The molecule has 0 radical (unpaired) electrons. The van der Waals surface area contributed by atoms with Crippen molar-refractivity contribution < 1.29 is 18.7 Å². The number of fused-ring (bicyclic) bond motifs is 1. The minimum atomic E-state index is -0.712. The fraction of sp³-hybridized carbons (Fsp3) is 0.429. The normalized spacial score (nSPS) is 11.1. The van der Waals surface area contributed by atoms with E-state index in [-0.39, 0.29) is 23.5 Å². The fourth-order valence-electron chi connectivity index (χ4n) is 3.20. The summed E-state index contributed by atoms with van der Waals surface area (Å²) in [4.78, 5) is 43.6. The number of halogens is 1. The van der Waals surface area contributed by atoms with E-state index in [1.54, 1.807) is 10.6 Å². The summed E-state index contributed by atoms with van der Waals surface area (Å²) in [5.74, 6) is -0.999. The topological polar surface area (TPSA) is 108 Å². The van der Waals surface area contributed by atoms with Crippen LogP contribution in [0.3, 0.4) is 0 Å². The van der Waals surface area contributed by atoms with Crippen LogP contribution in [-0.4, -0.2) is 31.7 Å². The van der Waals surface area contributed by atoms with Crippen LogP contribution in [0, 0.1) is 5.82 Å². The van der Waals surface area contributed by atoms with Crippen LogP contribution in [0.15, 0.2) is 33.9 Å². The SMILES string of the molecule is CCCCn1c(=O)[nH]c(=O)c2c1nc(COC(=O)COc1ccccc1F)n2CCC. The molecule has 1 aromatic carbocycles. The van der Waals surface area contributed by atoms with Crippen LogP contribution < -0.4 is 16.0 Å². The molecule has 0 aliphatic carbocycles. The summed E-state index contributed by atoms with van der Waals surface area (Å²) >= 11 is 0. The van der Waals surface area contributed by atoms with Crippen LogP contribution in [0.1, 0.15) is 38.9 Å². The van der Waals surface area contributed by atoms with Crippen molar-refractivity contribution in [1.29, 1.82) is 0 Å². The number of imidazole rings is 1. The van der Waals surface area contributed by atoms with Gasteiger partial charge in [-0.3, -0.25) is 14.3 Å². The molecule has 3 aromatic rings. The molecule has 2 aromatic heterocycles. The van der Waals surface area contributed by atoms with Crippen molar-refractivity contribution in [3.05, 3.63) is 56.7 Å². The molecule has 0 spiro atoms. The summed E-state index contributed by atoms with van der Waals surface area (Å²) in [6, 6.07) is 5.74. The van der Waals surface area contributed by atoms with Crippen molar-refractivity contribution in [2.24, 2.45) is 0 Å². The third-order valence-electron chi connectivity index (χ3n) is 4.69. The van der Waals surface area contributed by atoms with Gasteiger partial charge in [0.15, 0.2) is 29.3 Å². The average molecular weight is 432 g/mol. The lowest BCUT2D eigenvalue weighted by Crippen LogP contribution is -2.31. The number of aromatic amines is 1. The van der Waals surface area contributed by atoms with Crippen molar-refractivity contribution in [2.45, 2.75) is 52.8 Å². The molecule has 0 fully saturated rings. The van der Waals surface area contributed by atoms with Gasteiger partial charge in [0.25, 0.3) is 5.56 Å². The second-order valence-electron chi connectivity index (χ2n) is 7.00. The molecule has 0 saturated heterocycles. The van der Waals surface area contributed by atoms with E-state index in [2.05, 4.69) is 9.97 Å². The highest BCUT2D eigenvalue weighted by molar-refractivity contribution is 5.72. The van der Waals surface area contributed by atoms with Gasteiger partial charge in [0, 0.05) is 13.1 Å². The van der Waals surface area contributed by atoms with Crippen LogP contribution >= 0.6 is 0 Å². The molecule has 0 aliphatic heterocycles. The van der Waals surface area contributed by atoms with E-state index in [0.717, 1.165) is 12.8 Å². The Kier molecular flexibility index (Phi) is 7.22. The number of benzene rings is 1. The molecule has 31 heavy (non-hydrogen) atoms. The van der Waals surface area contributed by atoms with Crippen molar-refractivity contribution >= 4 is 17.1 Å². The van der Waals surface area contributed by atoms with E-state index in [9.17, 15) is 18.8 Å². The van der Waals surface area contributed by atoms with Crippen molar-refractivity contribution in [1.82, 2.24) is 19.1 Å². The van der Waals surface area contributed by atoms with Crippen molar-refractivity contribution in [3.63, 3.8) is 0 Å². The number of aromatic nitrogens is 4. The molecule has 0 bridgehead atoms. The maximum atomic E-state index is 13.6. The lowest BCUT2D eigenvalue weighted by molar-refractivity contribution is -0.147. The molecule has 3 rings (SSSR count). The van der Waals surface area contributed by atoms with Gasteiger partial charge in [0.1, 0.15) is 12.4 Å². The van der Waals surface area contributed by atoms with E-state index in [4.69, 9.17) is 9.47 Å². The number of ether oxygens (including phenoxy) is 2. The number of rotatable bonds is 10.